The summed E-state index contributed by atoms with van der Waals surface area (Å²) in [6.45, 7) is 1.85. The average Bonchev–Trinajstić information content (AvgIpc) is 3.19. The van der Waals surface area contributed by atoms with E-state index in [9.17, 15) is 18.0 Å². The van der Waals surface area contributed by atoms with Gasteiger partial charge in [-0.2, -0.15) is 13.2 Å². The number of halogens is 3. The molecular formula is C20H21F3N4O4. The number of carbonyl (C=O) groups is 1. The predicted octanol–water partition coefficient (Wildman–Crippen LogP) is 2.83. The molecule has 3 N–H and O–H groups in total. The van der Waals surface area contributed by atoms with Gasteiger partial charge in [-0.25, -0.2) is 9.97 Å². The van der Waals surface area contributed by atoms with Crippen molar-refractivity contribution in [2.75, 3.05) is 26.8 Å². The van der Waals surface area contributed by atoms with Crippen LogP contribution in [0.3, 0.4) is 0 Å². The lowest BCUT2D eigenvalue weighted by molar-refractivity contribution is -0.140. The van der Waals surface area contributed by atoms with Crippen LogP contribution < -0.4 is 10.5 Å². The maximum atomic E-state index is 13.1. The van der Waals surface area contributed by atoms with E-state index in [1.54, 1.807) is 13.0 Å². The Labute approximate surface area is 175 Å². The summed E-state index contributed by atoms with van der Waals surface area (Å²) < 4.78 is 50.2. The van der Waals surface area contributed by atoms with Gasteiger partial charge in [0.25, 0.3) is 5.91 Å². The summed E-state index contributed by atoms with van der Waals surface area (Å²) in [6.07, 6.45) is -4.62. The predicted molar refractivity (Wildman–Crippen MR) is 105 cm³/mol. The Balaban J connectivity index is 2.16. The van der Waals surface area contributed by atoms with Crippen molar-refractivity contribution in [2.24, 2.45) is 5.73 Å². The third-order valence-corrected chi connectivity index (χ3v) is 4.69. The van der Waals surface area contributed by atoms with Crippen LogP contribution >= 0.6 is 0 Å². The Morgan fingerprint density at radius 2 is 2.00 bits per heavy atom. The van der Waals surface area contributed by atoms with Crippen LogP contribution in [-0.2, 0) is 12.7 Å². The quantitative estimate of drug-likeness (QED) is 0.583. The number of aromatic nitrogens is 2. The third-order valence-electron chi connectivity index (χ3n) is 4.69. The smallest absolute Gasteiger partial charge is 0.433 e. The fourth-order valence-corrected chi connectivity index (χ4v) is 3.15. The number of pyridine rings is 1. The number of carbonyl (C=O) groups excluding carboxylic acids is 1. The number of amides is 1. The Hall–Kier alpha value is -3.18. The zero-order valence-corrected chi connectivity index (χ0v) is 16.9. The molecule has 166 valence electrons. The zero-order valence-electron chi connectivity index (χ0n) is 16.9. The first-order chi connectivity index (χ1) is 14.7. The highest BCUT2D eigenvalue weighted by atomic mass is 19.4. The standard InChI is InChI=1S/C20H21F3N4O4/c1-3-27(8-9-28)19(29)17-14(10-24)31-18(26-17)12-4-6-13(30-2)16-11(12)5-7-15(25-16)20(21,22)23/h4-7,28H,3,8-10,24H2,1-2H3. The number of aliphatic hydroxyl groups excluding tert-OH is 1. The molecular weight excluding hydrogens is 417 g/mol. The summed E-state index contributed by atoms with van der Waals surface area (Å²) in [5.74, 6) is -0.188. The lowest BCUT2D eigenvalue weighted by Crippen LogP contribution is -2.34. The van der Waals surface area contributed by atoms with Crippen molar-refractivity contribution in [3.8, 4) is 17.2 Å². The average molecular weight is 438 g/mol. The first kappa shape index (κ1) is 22.5. The van der Waals surface area contributed by atoms with Gasteiger partial charge in [0.2, 0.25) is 5.89 Å². The number of hydrogen-bond acceptors (Lipinski definition) is 7. The molecule has 2 heterocycles. The molecule has 0 aliphatic rings. The van der Waals surface area contributed by atoms with Crippen molar-refractivity contribution in [2.45, 2.75) is 19.6 Å². The second-order valence-electron chi connectivity index (χ2n) is 6.51. The third kappa shape index (κ3) is 4.32. The van der Waals surface area contributed by atoms with E-state index in [0.717, 1.165) is 6.07 Å². The Morgan fingerprint density at radius 1 is 1.26 bits per heavy atom. The molecule has 0 aliphatic carbocycles. The molecule has 8 nitrogen and oxygen atoms in total. The molecule has 11 heteroatoms. The van der Waals surface area contributed by atoms with Crippen molar-refractivity contribution in [1.29, 1.82) is 0 Å². The molecule has 0 aliphatic heterocycles. The van der Waals surface area contributed by atoms with Gasteiger partial charge in [0.1, 0.15) is 17.0 Å². The lowest BCUT2D eigenvalue weighted by atomic mass is 10.1. The minimum Gasteiger partial charge on any atom is -0.494 e. The van der Waals surface area contributed by atoms with Gasteiger partial charge >= 0.3 is 6.18 Å². The molecule has 0 spiro atoms. The Bertz CT molecular complexity index is 1100. The number of hydrogen-bond donors (Lipinski definition) is 2. The zero-order chi connectivity index (χ0) is 22.8. The van der Waals surface area contributed by atoms with Gasteiger partial charge in [-0.05, 0) is 31.2 Å². The fourth-order valence-electron chi connectivity index (χ4n) is 3.15. The molecule has 0 saturated carbocycles. The van der Waals surface area contributed by atoms with Gasteiger partial charge in [0, 0.05) is 24.0 Å². The number of benzene rings is 1. The largest absolute Gasteiger partial charge is 0.494 e. The van der Waals surface area contributed by atoms with Crippen molar-refractivity contribution in [1.82, 2.24) is 14.9 Å². The normalized spacial score (nSPS) is 11.7. The van der Waals surface area contributed by atoms with Crippen LogP contribution in [0.2, 0.25) is 0 Å². The van der Waals surface area contributed by atoms with E-state index in [-0.39, 0.29) is 48.3 Å². The fraction of sp³-hybridized carbons (Fsp3) is 0.350. The van der Waals surface area contributed by atoms with Crippen LogP contribution in [0.4, 0.5) is 13.2 Å². The number of alkyl halides is 3. The van der Waals surface area contributed by atoms with Crippen LogP contribution in [0.25, 0.3) is 22.4 Å². The molecule has 0 atom stereocenters. The van der Waals surface area contributed by atoms with Crippen molar-refractivity contribution in [3.05, 3.63) is 41.4 Å². The number of rotatable bonds is 7. The molecule has 2 aromatic heterocycles. The van der Waals surface area contributed by atoms with E-state index in [1.807, 2.05) is 0 Å². The lowest BCUT2D eigenvalue weighted by Gasteiger charge is -2.18. The van der Waals surface area contributed by atoms with E-state index in [1.165, 1.54) is 24.1 Å². The maximum Gasteiger partial charge on any atom is 0.433 e. The molecule has 1 amide bonds. The van der Waals surface area contributed by atoms with E-state index in [4.69, 9.17) is 20.0 Å². The summed E-state index contributed by atoms with van der Waals surface area (Å²) >= 11 is 0. The van der Waals surface area contributed by atoms with Crippen molar-refractivity contribution >= 4 is 16.8 Å². The highest BCUT2D eigenvalue weighted by Crippen LogP contribution is 2.37. The van der Waals surface area contributed by atoms with Crippen LogP contribution in [0.15, 0.2) is 28.7 Å². The summed E-state index contributed by atoms with van der Waals surface area (Å²) in [6, 6.07) is 5.11. The van der Waals surface area contributed by atoms with Crippen LogP contribution in [0, 0.1) is 0 Å². The number of fused-ring (bicyclic) bond motifs is 1. The Morgan fingerprint density at radius 3 is 2.58 bits per heavy atom. The second kappa shape index (κ2) is 8.90. The van der Waals surface area contributed by atoms with Gasteiger partial charge in [0.05, 0.1) is 20.3 Å². The topological polar surface area (TPSA) is 115 Å². The summed E-state index contributed by atoms with van der Waals surface area (Å²) in [5, 5.41) is 9.46. The van der Waals surface area contributed by atoms with Gasteiger partial charge in [0.15, 0.2) is 11.5 Å². The summed E-state index contributed by atoms with van der Waals surface area (Å²) in [5.41, 5.74) is 4.93. The number of nitrogens with zero attached hydrogens (tertiary/aromatic N) is 3. The molecule has 31 heavy (non-hydrogen) atoms. The highest BCUT2D eigenvalue weighted by molar-refractivity contribution is 5.98. The van der Waals surface area contributed by atoms with Gasteiger partial charge in [-0.1, -0.05) is 0 Å². The molecule has 1 aromatic carbocycles. The van der Waals surface area contributed by atoms with E-state index in [2.05, 4.69) is 9.97 Å². The molecule has 3 aromatic rings. The number of nitrogens with two attached hydrogens (primary N) is 1. The molecule has 0 unspecified atom stereocenters. The van der Waals surface area contributed by atoms with E-state index in [0.29, 0.717) is 17.5 Å². The SMILES string of the molecule is CCN(CCO)C(=O)c1nc(-c2ccc(OC)c3nc(C(F)(F)F)ccc23)oc1CN. The molecule has 3 rings (SSSR count). The monoisotopic (exact) mass is 438 g/mol. The number of ether oxygens (including phenoxy) is 1. The van der Waals surface area contributed by atoms with Crippen LogP contribution in [-0.4, -0.2) is 52.7 Å². The number of oxazole rings is 1. The minimum absolute atomic E-state index is 0.0121. The van der Waals surface area contributed by atoms with Crippen molar-refractivity contribution < 1.29 is 32.2 Å². The van der Waals surface area contributed by atoms with Crippen LogP contribution in [0.5, 0.6) is 5.75 Å². The van der Waals surface area contributed by atoms with Gasteiger partial charge in [-0.15, -0.1) is 0 Å². The first-order valence-electron chi connectivity index (χ1n) is 9.40. The molecule has 0 saturated heterocycles. The molecule has 0 fully saturated rings. The number of likely N-dealkylation sites (N-methyl/N-ethyl adjacent to an activating group) is 1. The van der Waals surface area contributed by atoms with Crippen molar-refractivity contribution in [3.63, 3.8) is 0 Å². The van der Waals surface area contributed by atoms with Gasteiger partial charge in [-0.3, -0.25) is 4.79 Å². The maximum absolute atomic E-state index is 13.1. The van der Waals surface area contributed by atoms with Gasteiger partial charge < -0.3 is 24.9 Å². The molecule has 0 bridgehead atoms. The Kier molecular flexibility index (Phi) is 6.46. The van der Waals surface area contributed by atoms with E-state index >= 15 is 0 Å². The number of methoxy groups -OCH3 is 1. The summed E-state index contributed by atoms with van der Waals surface area (Å²) in [7, 11) is 1.32. The minimum atomic E-state index is -4.62. The van der Waals surface area contributed by atoms with E-state index < -0.39 is 17.8 Å². The number of aliphatic hydroxyl groups is 1. The highest BCUT2D eigenvalue weighted by Gasteiger charge is 2.33. The van der Waals surface area contributed by atoms with Crippen LogP contribution in [0.1, 0.15) is 28.9 Å². The summed E-state index contributed by atoms with van der Waals surface area (Å²) in [4.78, 5) is 22.1. The second-order valence-corrected chi connectivity index (χ2v) is 6.51. The first-order valence-corrected chi connectivity index (χ1v) is 9.40. The molecule has 0 radical (unpaired) electrons.